The summed E-state index contributed by atoms with van der Waals surface area (Å²) >= 11 is 0.722. The van der Waals surface area contributed by atoms with Crippen molar-refractivity contribution in [1.82, 2.24) is 0 Å². The Balaban J connectivity index is -0.0000000300. The van der Waals surface area contributed by atoms with Crippen molar-refractivity contribution in [3.05, 3.63) is 0 Å². The first kappa shape index (κ1) is 16.7. The molecule has 0 heterocycles. The summed E-state index contributed by atoms with van der Waals surface area (Å²) in [5.41, 5.74) is 0. The number of hydrogen-bond donors (Lipinski definition) is 1. The van der Waals surface area contributed by atoms with Crippen LogP contribution in [0.1, 0.15) is 2.85 Å². The van der Waals surface area contributed by atoms with Gasteiger partial charge in [-0.2, -0.15) is 5.26 Å². The predicted molar refractivity (Wildman–Crippen MR) is 27.9 cm³/mol. The number of aliphatic carboxylic acids is 1. The first-order chi connectivity index (χ1) is 3.27. The van der Waals surface area contributed by atoms with E-state index in [9.17, 15) is 4.79 Å². The first-order valence-electron chi connectivity index (χ1n) is 1.50. The molecule has 0 aliphatic heterocycles. The Kier molecular flexibility index (Phi) is 22.4. The van der Waals surface area contributed by atoms with Crippen LogP contribution < -0.4 is 59.1 Å². The topological polar surface area (TPSA) is 61.1 Å². The molecule has 0 saturated carbocycles. The van der Waals surface area contributed by atoms with Gasteiger partial charge in [-0.15, -0.1) is 0 Å². The average molecular weight is 165 g/mol. The van der Waals surface area contributed by atoms with Crippen LogP contribution in [0.15, 0.2) is 0 Å². The number of hydrogen-bond acceptors (Lipinski definition) is 3. The SMILES string of the molecule is N#CSCC(=O)O.[H-].[H-].[Na+].[Na+]. The van der Waals surface area contributed by atoms with Crippen molar-refractivity contribution in [3.63, 3.8) is 0 Å². The Morgan fingerprint density at radius 2 is 2.22 bits per heavy atom. The largest absolute Gasteiger partial charge is 1.00 e. The van der Waals surface area contributed by atoms with Crippen molar-refractivity contribution in [2.45, 2.75) is 0 Å². The smallest absolute Gasteiger partial charge is 1.00 e. The number of nitriles is 1. The van der Waals surface area contributed by atoms with E-state index >= 15 is 0 Å². The van der Waals surface area contributed by atoms with Gasteiger partial charge in [0.05, 0.1) is 0 Å². The second kappa shape index (κ2) is 12.0. The Morgan fingerprint density at radius 1 is 1.78 bits per heavy atom. The molecule has 0 atom stereocenters. The number of carboxylic acid groups (broad SMARTS) is 1. The molecule has 9 heavy (non-hydrogen) atoms. The Labute approximate surface area is 105 Å². The van der Waals surface area contributed by atoms with Crippen molar-refractivity contribution in [3.8, 4) is 5.40 Å². The second-order valence-corrected chi connectivity index (χ2v) is 1.53. The first-order valence-corrected chi connectivity index (χ1v) is 2.48. The zero-order chi connectivity index (χ0) is 5.70. The number of carbonyl (C=O) groups is 1. The molecule has 0 spiro atoms. The van der Waals surface area contributed by atoms with Crippen molar-refractivity contribution < 1.29 is 71.9 Å². The number of nitrogens with zero attached hydrogens (tertiary/aromatic N) is 1. The third-order valence-electron chi connectivity index (χ3n) is 0.260. The molecule has 6 heteroatoms. The maximum Gasteiger partial charge on any atom is 1.00 e. The van der Waals surface area contributed by atoms with E-state index in [1.807, 2.05) is 0 Å². The van der Waals surface area contributed by atoms with Gasteiger partial charge >= 0.3 is 65.1 Å². The van der Waals surface area contributed by atoms with Crippen LogP contribution in [0.5, 0.6) is 0 Å². The van der Waals surface area contributed by atoms with E-state index in [0.29, 0.717) is 0 Å². The van der Waals surface area contributed by atoms with Crippen LogP contribution >= 0.6 is 11.8 Å². The van der Waals surface area contributed by atoms with Gasteiger partial charge in [-0.05, 0) is 11.8 Å². The molecule has 0 aromatic rings. The standard InChI is InChI=1S/C3H3NO2S.2Na.2H/c4-2-7-1-3(5)6;;;;/h1H2,(H,5,6);;;;/q;2*+1;2*-1. The van der Waals surface area contributed by atoms with Gasteiger partial charge in [-0.3, -0.25) is 4.79 Å². The van der Waals surface area contributed by atoms with Gasteiger partial charge in [0.1, 0.15) is 11.2 Å². The molecular formula is C3H5NNa2O2S. The van der Waals surface area contributed by atoms with Crippen LogP contribution in [0.2, 0.25) is 0 Å². The molecule has 0 radical (unpaired) electrons. The molecule has 0 rings (SSSR count). The van der Waals surface area contributed by atoms with E-state index in [4.69, 9.17) is 10.4 Å². The molecule has 1 N–H and O–H groups in total. The minimum Gasteiger partial charge on any atom is -1.00 e. The van der Waals surface area contributed by atoms with E-state index < -0.39 is 5.97 Å². The summed E-state index contributed by atoms with van der Waals surface area (Å²) in [4.78, 5) is 9.59. The monoisotopic (exact) mass is 165 g/mol. The molecule has 0 unspecified atom stereocenters. The summed E-state index contributed by atoms with van der Waals surface area (Å²) < 4.78 is 0. The van der Waals surface area contributed by atoms with E-state index in [2.05, 4.69) is 0 Å². The fraction of sp³-hybridized carbons (Fsp3) is 0.333. The number of thiocyanates is 1. The van der Waals surface area contributed by atoms with Crippen LogP contribution in [-0.4, -0.2) is 16.8 Å². The van der Waals surface area contributed by atoms with Crippen LogP contribution in [0.25, 0.3) is 0 Å². The summed E-state index contributed by atoms with van der Waals surface area (Å²) in [7, 11) is 0. The van der Waals surface area contributed by atoms with Crippen LogP contribution in [-0.2, 0) is 4.79 Å². The minimum atomic E-state index is -0.952. The Bertz CT molecular complexity index is 120. The van der Waals surface area contributed by atoms with Crippen LogP contribution in [0.3, 0.4) is 0 Å². The minimum absolute atomic E-state index is 0. The van der Waals surface area contributed by atoms with E-state index in [1.165, 1.54) is 0 Å². The van der Waals surface area contributed by atoms with Crippen molar-refractivity contribution in [2.75, 3.05) is 5.75 Å². The van der Waals surface area contributed by atoms with Crippen molar-refractivity contribution in [2.24, 2.45) is 0 Å². The molecule has 0 aromatic carbocycles. The molecule has 0 bridgehead atoms. The molecule has 42 valence electrons. The maximum atomic E-state index is 9.59. The number of rotatable bonds is 2. The molecule has 0 aliphatic carbocycles. The van der Waals surface area contributed by atoms with Gasteiger partial charge in [0.2, 0.25) is 0 Å². The van der Waals surface area contributed by atoms with Gasteiger partial charge < -0.3 is 7.96 Å². The fourth-order valence-electron chi connectivity index (χ4n) is 0.0940. The fourth-order valence-corrected chi connectivity index (χ4v) is 0.282. The zero-order valence-electron chi connectivity index (χ0n) is 7.42. The molecule has 0 amide bonds. The van der Waals surface area contributed by atoms with Gasteiger partial charge in [-0.1, -0.05) is 0 Å². The Hall–Kier alpha value is 1.31. The molecule has 0 aliphatic rings. The normalized spacial score (nSPS) is 5.67. The van der Waals surface area contributed by atoms with Gasteiger partial charge in [0.15, 0.2) is 0 Å². The van der Waals surface area contributed by atoms with Gasteiger partial charge in [0.25, 0.3) is 0 Å². The molecule has 0 saturated heterocycles. The van der Waals surface area contributed by atoms with Gasteiger partial charge in [0, 0.05) is 0 Å². The maximum absolute atomic E-state index is 9.59. The quantitative estimate of drug-likeness (QED) is 0.327. The number of thioether (sulfide) groups is 1. The molecule has 3 nitrogen and oxygen atoms in total. The summed E-state index contributed by atoms with van der Waals surface area (Å²) in [6, 6.07) is 0. The van der Waals surface area contributed by atoms with Crippen molar-refractivity contribution >= 4 is 17.7 Å². The summed E-state index contributed by atoms with van der Waals surface area (Å²) in [5.74, 6) is -1.08. The zero-order valence-corrected chi connectivity index (χ0v) is 10.2. The van der Waals surface area contributed by atoms with E-state index in [-0.39, 0.29) is 67.7 Å². The molecule has 0 fully saturated rings. The Morgan fingerprint density at radius 3 is 2.33 bits per heavy atom. The second-order valence-electron chi connectivity index (χ2n) is 0.774. The average Bonchev–Trinajstić information content (AvgIpc) is 1.61. The third kappa shape index (κ3) is 17.6. The van der Waals surface area contributed by atoms with E-state index in [1.54, 1.807) is 5.40 Å². The van der Waals surface area contributed by atoms with E-state index in [0.717, 1.165) is 11.8 Å². The summed E-state index contributed by atoms with van der Waals surface area (Å²) in [6.45, 7) is 0. The van der Waals surface area contributed by atoms with Gasteiger partial charge in [-0.25, -0.2) is 0 Å². The summed E-state index contributed by atoms with van der Waals surface area (Å²) in [6.07, 6.45) is 0. The number of carboxylic acids is 1. The van der Waals surface area contributed by atoms with Crippen LogP contribution in [0, 0.1) is 10.7 Å². The van der Waals surface area contributed by atoms with Crippen molar-refractivity contribution in [1.29, 1.82) is 5.26 Å². The predicted octanol–water partition coefficient (Wildman–Crippen LogP) is -5.48. The summed E-state index contributed by atoms with van der Waals surface area (Å²) in [5, 5.41) is 17.3. The molecule has 0 aromatic heterocycles. The van der Waals surface area contributed by atoms with Crippen LogP contribution in [0.4, 0.5) is 0 Å². The molecular weight excluding hydrogens is 160 g/mol. The third-order valence-corrected chi connectivity index (χ3v) is 0.781.